The minimum atomic E-state index is -0.217. The molecule has 2 rings (SSSR count). The van der Waals surface area contributed by atoms with Gasteiger partial charge in [0.15, 0.2) is 0 Å². The molecule has 1 aromatic carbocycles. The van der Waals surface area contributed by atoms with Crippen LogP contribution in [-0.2, 0) is 4.79 Å². The van der Waals surface area contributed by atoms with Crippen LogP contribution in [0.2, 0.25) is 0 Å². The Morgan fingerprint density at radius 2 is 2.15 bits per heavy atom. The molecule has 1 aliphatic carbocycles. The fraction of sp³-hybridized carbons (Fsp3) is 0.467. The summed E-state index contributed by atoms with van der Waals surface area (Å²) >= 11 is 1.33. The highest BCUT2D eigenvalue weighted by Crippen LogP contribution is 2.34. The summed E-state index contributed by atoms with van der Waals surface area (Å²) in [5, 5.41) is 11.4. The van der Waals surface area contributed by atoms with E-state index < -0.39 is 0 Å². The highest BCUT2D eigenvalue weighted by Gasteiger charge is 2.26. The predicted octanol–water partition coefficient (Wildman–Crippen LogP) is 2.83. The predicted molar refractivity (Wildman–Crippen MR) is 77.9 cm³/mol. The maximum atomic E-state index is 12.9. The van der Waals surface area contributed by atoms with Crippen molar-refractivity contribution in [2.45, 2.75) is 31.2 Å². The second kappa shape index (κ2) is 7.30. The second-order valence-electron chi connectivity index (χ2n) is 4.98. The summed E-state index contributed by atoms with van der Waals surface area (Å²) in [5.74, 6) is 0.857. The number of carbonyl (C=O) groups excluding carboxylic acids is 1. The van der Waals surface area contributed by atoms with Gasteiger partial charge in [-0.25, -0.2) is 4.39 Å². The molecule has 1 aromatic rings. The van der Waals surface area contributed by atoms with E-state index in [0.717, 1.165) is 24.8 Å². The smallest absolute Gasteiger partial charge is 0.230 e. The molecule has 1 N–H and O–H groups in total. The van der Waals surface area contributed by atoms with E-state index in [1.165, 1.54) is 23.9 Å². The number of nitriles is 1. The number of rotatable bonds is 5. The van der Waals surface area contributed by atoms with Gasteiger partial charge in [0.05, 0.1) is 17.6 Å². The van der Waals surface area contributed by atoms with E-state index in [-0.39, 0.29) is 17.8 Å². The van der Waals surface area contributed by atoms with E-state index in [1.807, 2.05) is 18.2 Å². The molecule has 0 aromatic heterocycles. The summed E-state index contributed by atoms with van der Waals surface area (Å²) in [7, 11) is 0. The number of hydrogen-bond donors (Lipinski definition) is 1. The molecule has 1 aliphatic rings. The first-order chi connectivity index (χ1) is 9.69. The van der Waals surface area contributed by atoms with Gasteiger partial charge in [-0.15, -0.1) is 11.8 Å². The number of nitrogens with zero attached hydrogens (tertiary/aromatic N) is 1. The standard InChI is InChI=1S/C15H17FN2OS/c16-13-4-1-11(2-5-13)12-3-6-14(9-12)18-15(19)10-20-8-7-17/h1-2,4-5,12,14H,3,6,8-10H2,(H,18,19)/t12-,14+/m1/s1. The molecule has 0 aliphatic heterocycles. The third-order valence-corrected chi connectivity index (χ3v) is 4.34. The first-order valence-corrected chi connectivity index (χ1v) is 7.84. The lowest BCUT2D eigenvalue weighted by Gasteiger charge is -2.13. The van der Waals surface area contributed by atoms with Crippen molar-refractivity contribution in [2.24, 2.45) is 0 Å². The topological polar surface area (TPSA) is 52.9 Å². The summed E-state index contributed by atoms with van der Waals surface area (Å²) in [6.07, 6.45) is 2.87. The zero-order chi connectivity index (χ0) is 14.4. The molecule has 0 radical (unpaired) electrons. The van der Waals surface area contributed by atoms with Crippen molar-refractivity contribution < 1.29 is 9.18 Å². The van der Waals surface area contributed by atoms with E-state index in [4.69, 9.17) is 5.26 Å². The molecule has 106 valence electrons. The van der Waals surface area contributed by atoms with Gasteiger partial charge in [-0.3, -0.25) is 4.79 Å². The molecule has 1 fully saturated rings. The third kappa shape index (κ3) is 4.24. The fourth-order valence-corrected chi connectivity index (χ4v) is 3.07. The highest BCUT2D eigenvalue weighted by molar-refractivity contribution is 8.00. The van der Waals surface area contributed by atoms with Crippen LogP contribution in [-0.4, -0.2) is 23.5 Å². The Bertz CT molecular complexity index is 498. The first-order valence-electron chi connectivity index (χ1n) is 6.68. The minimum absolute atomic E-state index is 0.00462. The van der Waals surface area contributed by atoms with E-state index in [2.05, 4.69) is 5.32 Å². The third-order valence-electron chi connectivity index (χ3n) is 3.54. The van der Waals surface area contributed by atoms with Crippen LogP contribution >= 0.6 is 11.8 Å². The van der Waals surface area contributed by atoms with Crippen LogP contribution in [0.25, 0.3) is 0 Å². The van der Waals surface area contributed by atoms with Crippen molar-refractivity contribution in [2.75, 3.05) is 11.5 Å². The molecular formula is C15H17FN2OS. The fourth-order valence-electron chi connectivity index (χ4n) is 2.61. The maximum Gasteiger partial charge on any atom is 0.230 e. The number of hydrogen-bond acceptors (Lipinski definition) is 3. The summed E-state index contributed by atoms with van der Waals surface area (Å²) in [4.78, 5) is 11.7. The quantitative estimate of drug-likeness (QED) is 0.849. The molecule has 0 unspecified atom stereocenters. The normalized spacial score (nSPS) is 21.4. The summed E-state index contributed by atoms with van der Waals surface area (Å²) < 4.78 is 12.9. The molecule has 0 spiro atoms. The lowest BCUT2D eigenvalue weighted by molar-refractivity contribution is -0.119. The van der Waals surface area contributed by atoms with Crippen LogP contribution in [0.1, 0.15) is 30.7 Å². The molecule has 20 heavy (non-hydrogen) atoms. The Balaban J connectivity index is 1.79. The van der Waals surface area contributed by atoms with Gasteiger partial charge < -0.3 is 5.32 Å². The van der Waals surface area contributed by atoms with Gasteiger partial charge in [0.1, 0.15) is 5.82 Å². The Morgan fingerprint density at radius 1 is 1.40 bits per heavy atom. The zero-order valence-corrected chi connectivity index (χ0v) is 12.0. The van der Waals surface area contributed by atoms with Gasteiger partial charge >= 0.3 is 0 Å². The molecule has 0 bridgehead atoms. The summed E-state index contributed by atoms with van der Waals surface area (Å²) in [5.41, 5.74) is 1.14. The Labute approximate surface area is 122 Å². The van der Waals surface area contributed by atoms with Crippen molar-refractivity contribution in [3.63, 3.8) is 0 Å². The number of carbonyl (C=O) groups is 1. The summed E-state index contributed by atoms with van der Waals surface area (Å²) in [6, 6.07) is 8.82. The van der Waals surface area contributed by atoms with Gasteiger partial charge in [0, 0.05) is 6.04 Å². The largest absolute Gasteiger partial charge is 0.353 e. The van der Waals surface area contributed by atoms with E-state index in [9.17, 15) is 9.18 Å². The molecule has 1 saturated carbocycles. The van der Waals surface area contributed by atoms with Crippen LogP contribution in [0.15, 0.2) is 24.3 Å². The van der Waals surface area contributed by atoms with Crippen LogP contribution in [0, 0.1) is 17.1 Å². The van der Waals surface area contributed by atoms with Crippen molar-refractivity contribution >= 4 is 17.7 Å². The molecule has 2 atom stereocenters. The van der Waals surface area contributed by atoms with Crippen LogP contribution in [0.3, 0.4) is 0 Å². The monoisotopic (exact) mass is 292 g/mol. The molecule has 3 nitrogen and oxygen atoms in total. The van der Waals surface area contributed by atoms with E-state index >= 15 is 0 Å². The van der Waals surface area contributed by atoms with Crippen molar-refractivity contribution in [1.29, 1.82) is 5.26 Å². The number of halogens is 1. The Kier molecular flexibility index (Phi) is 5.42. The van der Waals surface area contributed by atoms with E-state index in [1.54, 1.807) is 0 Å². The second-order valence-corrected chi connectivity index (χ2v) is 5.96. The van der Waals surface area contributed by atoms with Gasteiger partial charge in [-0.2, -0.15) is 5.26 Å². The zero-order valence-electron chi connectivity index (χ0n) is 11.1. The van der Waals surface area contributed by atoms with Crippen LogP contribution in [0.4, 0.5) is 4.39 Å². The maximum absolute atomic E-state index is 12.9. The van der Waals surface area contributed by atoms with Gasteiger partial charge in [0.2, 0.25) is 5.91 Å². The minimum Gasteiger partial charge on any atom is -0.353 e. The average Bonchev–Trinajstić information content (AvgIpc) is 2.88. The number of amides is 1. The summed E-state index contributed by atoms with van der Waals surface area (Å²) in [6.45, 7) is 0. The first kappa shape index (κ1) is 14.9. The van der Waals surface area contributed by atoms with Gasteiger partial charge in [-0.05, 0) is 42.9 Å². The molecular weight excluding hydrogens is 275 g/mol. The Hall–Kier alpha value is -1.54. The van der Waals surface area contributed by atoms with Crippen LogP contribution < -0.4 is 5.32 Å². The van der Waals surface area contributed by atoms with Crippen molar-refractivity contribution in [1.82, 2.24) is 5.32 Å². The molecule has 5 heteroatoms. The van der Waals surface area contributed by atoms with Crippen molar-refractivity contribution in [3.8, 4) is 6.07 Å². The number of nitrogens with one attached hydrogen (secondary N) is 1. The lowest BCUT2D eigenvalue weighted by Crippen LogP contribution is -2.34. The number of thioether (sulfide) groups is 1. The van der Waals surface area contributed by atoms with Gasteiger partial charge in [0.25, 0.3) is 0 Å². The molecule has 0 saturated heterocycles. The van der Waals surface area contributed by atoms with E-state index in [0.29, 0.717) is 17.4 Å². The van der Waals surface area contributed by atoms with Gasteiger partial charge in [-0.1, -0.05) is 12.1 Å². The highest BCUT2D eigenvalue weighted by atomic mass is 32.2. The number of benzene rings is 1. The Morgan fingerprint density at radius 3 is 2.85 bits per heavy atom. The average molecular weight is 292 g/mol. The SMILES string of the molecule is N#CCSCC(=O)N[C@H]1CC[C@@H](c2ccc(F)cc2)C1. The van der Waals surface area contributed by atoms with Crippen LogP contribution in [0.5, 0.6) is 0 Å². The molecule has 0 heterocycles. The molecule has 1 amide bonds. The van der Waals surface area contributed by atoms with Crippen molar-refractivity contribution in [3.05, 3.63) is 35.6 Å². The lowest BCUT2D eigenvalue weighted by atomic mass is 9.97.